The fraction of sp³-hybridized carbons (Fsp3) is 0.727. The SMILES string of the molecule is CNc1nc(NCC(C)(C)SC)nc(N(C)C)n1. The maximum Gasteiger partial charge on any atom is 0.231 e. The van der Waals surface area contributed by atoms with Gasteiger partial charge in [-0.05, 0) is 20.1 Å². The maximum absolute atomic E-state index is 4.36. The molecule has 1 heterocycles. The number of nitrogens with one attached hydrogen (secondary N) is 2. The number of nitrogens with zero attached hydrogens (tertiary/aromatic N) is 4. The Morgan fingerprint density at radius 1 is 1.17 bits per heavy atom. The average molecular weight is 270 g/mol. The molecule has 6 nitrogen and oxygen atoms in total. The van der Waals surface area contributed by atoms with Crippen molar-refractivity contribution in [2.24, 2.45) is 0 Å². The van der Waals surface area contributed by atoms with Crippen LogP contribution in [0.3, 0.4) is 0 Å². The van der Waals surface area contributed by atoms with E-state index < -0.39 is 0 Å². The Bertz CT molecular complexity index is 393. The van der Waals surface area contributed by atoms with Crippen molar-refractivity contribution in [3.8, 4) is 0 Å². The van der Waals surface area contributed by atoms with Crippen LogP contribution in [0.1, 0.15) is 13.8 Å². The van der Waals surface area contributed by atoms with Crippen LogP contribution in [0.15, 0.2) is 0 Å². The highest BCUT2D eigenvalue weighted by atomic mass is 32.2. The lowest BCUT2D eigenvalue weighted by Crippen LogP contribution is -2.27. The third-order valence-electron chi connectivity index (χ3n) is 2.47. The first-order chi connectivity index (χ1) is 8.38. The fourth-order valence-corrected chi connectivity index (χ4v) is 1.34. The lowest BCUT2D eigenvalue weighted by molar-refractivity contribution is 0.745. The van der Waals surface area contributed by atoms with Crippen LogP contribution < -0.4 is 15.5 Å². The molecule has 0 aromatic carbocycles. The first kappa shape index (κ1) is 14.8. The normalized spacial score (nSPS) is 11.2. The third kappa shape index (κ3) is 4.21. The van der Waals surface area contributed by atoms with Crippen LogP contribution >= 0.6 is 11.8 Å². The van der Waals surface area contributed by atoms with E-state index in [1.807, 2.05) is 30.8 Å². The topological polar surface area (TPSA) is 66.0 Å². The minimum atomic E-state index is 0.144. The van der Waals surface area contributed by atoms with Gasteiger partial charge in [-0.3, -0.25) is 0 Å². The molecule has 102 valence electrons. The summed E-state index contributed by atoms with van der Waals surface area (Å²) in [5.74, 6) is 1.80. The van der Waals surface area contributed by atoms with Crippen molar-refractivity contribution in [2.45, 2.75) is 18.6 Å². The van der Waals surface area contributed by atoms with Crippen LogP contribution in [0.25, 0.3) is 0 Å². The van der Waals surface area contributed by atoms with E-state index in [2.05, 4.69) is 45.7 Å². The van der Waals surface area contributed by atoms with Crippen LogP contribution in [0.2, 0.25) is 0 Å². The molecular weight excluding hydrogens is 248 g/mol. The zero-order valence-electron chi connectivity index (χ0n) is 11.9. The summed E-state index contributed by atoms with van der Waals surface area (Å²) in [5, 5.41) is 6.20. The number of aromatic nitrogens is 3. The van der Waals surface area contributed by atoms with Crippen LogP contribution in [0.5, 0.6) is 0 Å². The van der Waals surface area contributed by atoms with Gasteiger partial charge >= 0.3 is 0 Å². The van der Waals surface area contributed by atoms with E-state index in [0.717, 1.165) is 6.54 Å². The smallest absolute Gasteiger partial charge is 0.231 e. The van der Waals surface area contributed by atoms with Crippen molar-refractivity contribution >= 4 is 29.6 Å². The Balaban J connectivity index is 2.85. The third-order valence-corrected chi connectivity index (χ3v) is 3.72. The van der Waals surface area contributed by atoms with Crippen LogP contribution in [-0.2, 0) is 0 Å². The molecule has 2 N–H and O–H groups in total. The fourth-order valence-electron chi connectivity index (χ4n) is 1.12. The summed E-state index contributed by atoms with van der Waals surface area (Å²) in [7, 11) is 5.61. The van der Waals surface area contributed by atoms with E-state index in [9.17, 15) is 0 Å². The van der Waals surface area contributed by atoms with E-state index in [4.69, 9.17) is 0 Å². The standard InChI is InChI=1S/C11H22N6S/c1-11(2,18-6)7-13-9-14-8(12-3)15-10(16-9)17(4)5/h7H2,1-6H3,(H2,12,13,14,15,16). The second-order valence-electron chi connectivity index (χ2n) is 4.74. The molecule has 0 fully saturated rings. The molecular formula is C11H22N6S. The van der Waals surface area contributed by atoms with Crippen LogP contribution in [0, 0.1) is 0 Å². The van der Waals surface area contributed by atoms with Crippen molar-refractivity contribution in [2.75, 3.05) is 49.5 Å². The van der Waals surface area contributed by atoms with E-state index in [0.29, 0.717) is 17.8 Å². The molecule has 0 aliphatic rings. The zero-order valence-corrected chi connectivity index (χ0v) is 12.7. The van der Waals surface area contributed by atoms with Gasteiger partial charge in [-0.1, -0.05) is 0 Å². The summed E-state index contributed by atoms with van der Waals surface area (Å²) in [6.45, 7) is 5.16. The minimum Gasteiger partial charge on any atom is -0.357 e. The van der Waals surface area contributed by atoms with E-state index in [1.165, 1.54) is 0 Å². The first-order valence-corrected chi connectivity index (χ1v) is 7.00. The van der Waals surface area contributed by atoms with Crippen molar-refractivity contribution < 1.29 is 0 Å². The predicted octanol–water partition coefficient (Wildman–Crippen LogP) is 1.53. The largest absolute Gasteiger partial charge is 0.357 e. The molecule has 0 spiro atoms. The second-order valence-corrected chi connectivity index (χ2v) is 6.26. The Hall–Kier alpha value is -1.24. The molecule has 0 radical (unpaired) electrons. The molecule has 0 aliphatic carbocycles. The Morgan fingerprint density at radius 3 is 2.28 bits per heavy atom. The molecule has 0 atom stereocenters. The van der Waals surface area contributed by atoms with Gasteiger partial charge in [0.1, 0.15) is 0 Å². The molecule has 1 aromatic rings. The molecule has 0 unspecified atom stereocenters. The van der Waals surface area contributed by atoms with Crippen molar-refractivity contribution in [3.63, 3.8) is 0 Å². The monoisotopic (exact) mass is 270 g/mol. The molecule has 7 heteroatoms. The van der Waals surface area contributed by atoms with Gasteiger partial charge in [-0.2, -0.15) is 26.7 Å². The molecule has 1 aromatic heterocycles. The Kier molecular flexibility index (Phi) is 5.01. The summed E-state index contributed by atoms with van der Waals surface area (Å²) in [6.07, 6.45) is 2.10. The number of anilines is 3. The molecule has 0 amide bonds. The van der Waals surface area contributed by atoms with Gasteiger partial charge in [0.05, 0.1) is 0 Å². The lowest BCUT2D eigenvalue weighted by Gasteiger charge is -2.22. The van der Waals surface area contributed by atoms with Gasteiger partial charge < -0.3 is 15.5 Å². The Labute approximate surface area is 113 Å². The summed E-state index contributed by atoms with van der Waals surface area (Å²) < 4.78 is 0.144. The summed E-state index contributed by atoms with van der Waals surface area (Å²) in [6, 6.07) is 0. The number of hydrogen-bond donors (Lipinski definition) is 2. The molecule has 1 rings (SSSR count). The van der Waals surface area contributed by atoms with E-state index in [-0.39, 0.29) is 4.75 Å². The van der Waals surface area contributed by atoms with Crippen molar-refractivity contribution in [1.82, 2.24) is 15.0 Å². The van der Waals surface area contributed by atoms with Gasteiger partial charge in [-0.25, -0.2) is 0 Å². The highest BCUT2D eigenvalue weighted by Crippen LogP contribution is 2.21. The molecule has 0 saturated heterocycles. The van der Waals surface area contributed by atoms with E-state index in [1.54, 1.807) is 7.05 Å². The quantitative estimate of drug-likeness (QED) is 0.812. The van der Waals surface area contributed by atoms with Crippen molar-refractivity contribution in [1.29, 1.82) is 0 Å². The predicted molar refractivity (Wildman–Crippen MR) is 79.8 cm³/mol. The van der Waals surface area contributed by atoms with Crippen molar-refractivity contribution in [3.05, 3.63) is 0 Å². The highest BCUT2D eigenvalue weighted by molar-refractivity contribution is 7.99. The summed E-state index contributed by atoms with van der Waals surface area (Å²) >= 11 is 1.81. The number of rotatable bonds is 6. The van der Waals surface area contributed by atoms with Gasteiger partial charge in [0.15, 0.2) is 0 Å². The highest BCUT2D eigenvalue weighted by Gasteiger charge is 2.16. The minimum absolute atomic E-state index is 0.144. The van der Waals surface area contributed by atoms with Gasteiger partial charge in [0, 0.05) is 32.4 Å². The average Bonchev–Trinajstić information content (AvgIpc) is 2.36. The molecule has 0 aliphatic heterocycles. The first-order valence-electron chi connectivity index (χ1n) is 5.78. The number of thioether (sulfide) groups is 1. The lowest BCUT2D eigenvalue weighted by atomic mass is 10.2. The number of hydrogen-bond acceptors (Lipinski definition) is 7. The maximum atomic E-state index is 4.36. The summed E-state index contributed by atoms with van der Waals surface area (Å²) in [4.78, 5) is 14.8. The molecule has 0 bridgehead atoms. The molecule has 0 saturated carbocycles. The van der Waals surface area contributed by atoms with Gasteiger partial charge in [-0.15, -0.1) is 0 Å². The zero-order chi connectivity index (χ0) is 13.8. The Morgan fingerprint density at radius 2 is 1.78 bits per heavy atom. The van der Waals surface area contributed by atoms with Crippen LogP contribution in [-0.4, -0.2) is 53.6 Å². The van der Waals surface area contributed by atoms with Gasteiger partial charge in [0.2, 0.25) is 17.8 Å². The van der Waals surface area contributed by atoms with Gasteiger partial charge in [0.25, 0.3) is 0 Å². The van der Waals surface area contributed by atoms with Crippen LogP contribution in [0.4, 0.5) is 17.8 Å². The van der Waals surface area contributed by atoms with E-state index >= 15 is 0 Å². The second kappa shape index (κ2) is 6.08. The molecule has 18 heavy (non-hydrogen) atoms. The summed E-state index contributed by atoms with van der Waals surface area (Å²) in [5.41, 5.74) is 0.